The first kappa shape index (κ1) is 20.3. The molecule has 0 aliphatic rings. The zero-order chi connectivity index (χ0) is 21.8. The Hall–Kier alpha value is -4.00. The highest BCUT2D eigenvalue weighted by Crippen LogP contribution is 2.30. The molecule has 0 bridgehead atoms. The summed E-state index contributed by atoms with van der Waals surface area (Å²) in [5, 5.41) is 5.55. The Bertz CT molecular complexity index is 1220. The number of ether oxygens (including phenoxy) is 3. The molecule has 0 saturated carbocycles. The fourth-order valence-electron chi connectivity index (χ4n) is 3.39. The third-order valence-electron chi connectivity index (χ3n) is 4.99. The molecule has 0 atom stereocenters. The van der Waals surface area contributed by atoms with Crippen LogP contribution < -0.4 is 15.2 Å². The van der Waals surface area contributed by atoms with Crippen LogP contribution in [0.15, 0.2) is 66.7 Å². The summed E-state index contributed by atoms with van der Waals surface area (Å²) in [6.07, 6.45) is 0. The first-order valence-electron chi connectivity index (χ1n) is 9.77. The highest BCUT2D eigenvalue weighted by molar-refractivity contribution is 5.90. The average Bonchev–Trinajstić information content (AvgIpc) is 3.14. The highest BCUT2D eigenvalue weighted by atomic mass is 16.5. The minimum Gasteiger partial charge on any atom is -0.496 e. The maximum atomic E-state index is 11.8. The first-order valence-corrected chi connectivity index (χ1v) is 9.77. The molecule has 0 aliphatic heterocycles. The monoisotopic (exact) mass is 417 g/mol. The number of nitrogens with zero attached hydrogens (tertiary/aromatic N) is 2. The topological polar surface area (TPSA) is 88.6 Å². The van der Waals surface area contributed by atoms with Crippen LogP contribution in [0, 0.1) is 0 Å². The van der Waals surface area contributed by atoms with Gasteiger partial charge in [-0.05, 0) is 35.9 Å². The number of hydrogen-bond acceptors (Lipinski definition) is 6. The maximum Gasteiger partial charge on any atom is 0.337 e. The molecule has 4 rings (SSSR count). The lowest BCUT2D eigenvalue weighted by Gasteiger charge is -2.11. The zero-order valence-corrected chi connectivity index (χ0v) is 17.4. The van der Waals surface area contributed by atoms with Crippen molar-refractivity contribution in [1.29, 1.82) is 0 Å². The van der Waals surface area contributed by atoms with Crippen molar-refractivity contribution in [3.05, 3.63) is 83.4 Å². The lowest BCUT2D eigenvalue weighted by Crippen LogP contribution is -2.07. The van der Waals surface area contributed by atoms with Gasteiger partial charge >= 0.3 is 5.97 Å². The standard InChI is InChI=1S/C24H23N3O4/c1-29-22-12-17(24(28)30-2)8-9-18(22)14-27-21-13-19(25)10-11-20(21)23(26-27)31-15-16-6-4-3-5-7-16/h3-13H,14-15,25H2,1-2H3. The number of benzene rings is 3. The Morgan fingerprint density at radius 2 is 1.84 bits per heavy atom. The van der Waals surface area contributed by atoms with Gasteiger partial charge in [-0.25, -0.2) is 4.79 Å². The number of carbonyl (C=O) groups excluding carboxylic acids is 1. The number of anilines is 1. The van der Waals surface area contributed by atoms with Gasteiger partial charge in [0.15, 0.2) is 0 Å². The van der Waals surface area contributed by atoms with E-state index in [0.29, 0.717) is 36.0 Å². The summed E-state index contributed by atoms with van der Waals surface area (Å²) in [5.41, 5.74) is 9.85. The van der Waals surface area contributed by atoms with Crippen LogP contribution in [0.1, 0.15) is 21.5 Å². The van der Waals surface area contributed by atoms with Gasteiger partial charge in [-0.1, -0.05) is 36.4 Å². The van der Waals surface area contributed by atoms with E-state index in [2.05, 4.69) is 5.10 Å². The first-order chi connectivity index (χ1) is 15.1. The minimum absolute atomic E-state index is 0.411. The maximum absolute atomic E-state index is 11.8. The number of aromatic nitrogens is 2. The van der Waals surface area contributed by atoms with Crippen molar-refractivity contribution in [2.24, 2.45) is 0 Å². The Morgan fingerprint density at radius 1 is 1.03 bits per heavy atom. The Balaban J connectivity index is 1.67. The molecule has 158 valence electrons. The van der Waals surface area contributed by atoms with Crippen LogP contribution in [-0.4, -0.2) is 30.0 Å². The van der Waals surface area contributed by atoms with Gasteiger partial charge in [0.05, 0.1) is 37.2 Å². The summed E-state index contributed by atoms with van der Waals surface area (Å²) in [6, 6.07) is 20.7. The second-order valence-corrected chi connectivity index (χ2v) is 7.03. The van der Waals surface area contributed by atoms with Crippen LogP contribution in [-0.2, 0) is 17.9 Å². The molecule has 0 aliphatic carbocycles. The fraction of sp³-hybridized carbons (Fsp3) is 0.167. The van der Waals surface area contributed by atoms with Crippen molar-refractivity contribution in [3.8, 4) is 11.6 Å². The van der Waals surface area contributed by atoms with E-state index in [1.165, 1.54) is 7.11 Å². The number of nitrogen functional groups attached to an aromatic ring is 1. The van der Waals surface area contributed by atoms with E-state index in [0.717, 1.165) is 22.0 Å². The molecule has 0 unspecified atom stereocenters. The normalized spacial score (nSPS) is 10.8. The van der Waals surface area contributed by atoms with Crippen molar-refractivity contribution in [3.63, 3.8) is 0 Å². The molecule has 0 radical (unpaired) electrons. The van der Waals surface area contributed by atoms with Gasteiger partial charge < -0.3 is 19.9 Å². The van der Waals surface area contributed by atoms with Gasteiger partial charge in [0.2, 0.25) is 5.88 Å². The van der Waals surface area contributed by atoms with Crippen molar-refractivity contribution < 1.29 is 19.0 Å². The third kappa shape index (κ3) is 4.30. The molecular formula is C24H23N3O4. The summed E-state index contributed by atoms with van der Waals surface area (Å²) in [4.78, 5) is 11.8. The van der Waals surface area contributed by atoms with Crippen LogP contribution in [0.4, 0.5) is 5.69 Å². The summed E-state index contributed by atoms with van der Waals surface area (Å²) < 4.78 is 18.1. The predicted octanol–water partition coefficient (Wildman–Crippen LogP) is 4.04. The Kier molecular flexibility index (Phi) is 5.75. The lowest BCUT2D eigenvalue weighted by atomic mass is 10.1. The second-order valence-electron chi connectivity index (χ2n) is 7.03. The molecule has 7 nitrogen and oxygen atoms in total. The third-order valence-corrected chi connectivity index (χ3v) is 4.99. The Morgan fingerprint density at radius 3 is 2.58 bits per heavy atom. The fourth-order valence-corrected chi connectivity index (χ4v) is 3.39. The number of hydrogen-bond donors (Lipinski definition) is 1. The van der Waals surface area contributed by atoms with Crippen molar-refractivity contribution in [2.45, 2.75) is 13.2 Å². The molecule has 1 heterocycles. The van der Waals surface area contributed by atoms with Crippen LogP contribution >= 0.6 is 0 Å². The second kappa shape index (κ2) is 8.79. The molecule has 7 heteroatoms. The highest BCUT2D eigenvalue weighted by Gasteiger charge is 2.16. The average molecular weight is 417 g/mol. The van der Waals surface area contributed by atoms with Gasteiger partial charge in [-0.2, -0.15) is 0 Å². The van der Waals surface area contributed by atoms with E-state index in [-0.39, 0.29) is 0 Å². The van der Waals surface area contributed by atoms with Crippen LogP contribution in [0.3, 0.4) is 0 Å². The van der Waals surface area contributed by atoms with Gasteiger partial charge in [0.25, 0.3) is 0 Å². The van der Waals surface area contributed by atoms with E-state index in [9.17, 15) is 4.79 Å². The van der Waals surface area contributed by atoms with E-state index in [1.54, 1.807) is 19.2 Å². The van der Waals surface area contributed by atoms with Gasteiger partial charge in [-0.3, -0.25) is 4.68 Å². The lowest BCUT2D eigenvalue weighted by molar-refractivity contribution is 0.0600. The van der Waals surface area contributed by atoms with Crippen molar-refractivity contribution in [2.75, 3.05) is 20.0 Å². The Labute approximate surface area is 180 Å². The van der Waals surface area contributed by atoms with Gasteiger partial charge in [-0.15, -0.1) is 5.10 Å². The van der Waals surface area contributed by atoms with E-state index in [1.807, 2.05) is 59.3 Å². The van der Waals surface area contributed by atoms with Crippen LogP contribution in [0.25, 0.3) is 10.9 Å². The summed E-state index contributed by atoms with van der Waals surface area (Å²) >= 11 is 0. The molecule has 0 fully saturated rings. The number of esters is 1. The predicted molar refractivity (Wildman–Crippen MR) is 118 cm³/mol. The van der Waals surface area contributed by atoms with Gasteiger partial charge in [0, 0.05) is 11.3 Å². The number of carbonyl (C=O) groups is 1. The summed E-state index contributed by atoms with van der Waals surface area (Å²) in [6.45, 7) is 0.827. The van der Waals surface area contributed by atoms with E-state index < -0.39 is 5.97 Å². The molecule has 0 spiro atoms. The molecule has 3 aromatic carbocycles. The molecule has 2 N–H and O–H groups in total. The molecule has 0 saturated heterocycles. The smallest absolute Gasteiger partial charge is 0.337 e. The quantitative estimate of drug-likeness (QED) is 0.361. The summed E-state index contributed by atoms with van der Waals surface area (Å²) in [5.74, 6) is 0.685. The number of rotatable bonds is 7. The largest absolute Gasteiger partial charge is 0.496 e. The zero-order valence-electron chi connectivity index (χ0n) is 17.4. The van der Waals surface area contributed by atoms with E-state index in [4.69, 9.17) is 19.9 Å². The van der Waals surface area contributed by atoms with E-state index >= 15 is 0 Å². The number of nitrogens with two attached hydrogens (primary N) is 1. The SMILES string of the molecule is COC(=O)c1ccc(Cn2nc(OCc3ccccc3)c3ccc(N)cc32)c(OC)c1. The van der Waals surface area contributed by atoms with Crippen LogP contribution in [0.2, 0.25) is 0 Å². The number of methoxy groups -OCH3 is 2. The van der Waals surface area contributed by atoms with Gasteiger partial charge in [0.1, 0.15) is 12.4 Å². The minimum atomic E-state index is -0.418. The molecule has 1 aromatic heterocycles. The van der Waals surface area contributed by atoms with Crippen molar-refractivity contribution >= 4 is 22.6 Å². The van der Waals surface area contributed by atoms with Crippen LogP contribution in [0.5, 0.6) is 11.6 Å². The number of fused-ring (bicyclic) bond motifs is 1. The molecule has 31 heavy (non-hydrogen) atoms. The molecule has 0 amide bonds. The molecular weight excluding hydrogens is 394 g/mol. The summed E-state index contributed by atoms with van der Waals surface area (Å²) in [7, 11) is 2.91. The van der Waals surface area contributed by atoms with Crippen molar-refractivity contribution in [1.82, 2.24) is 9.78 Å². The molecule has 4 aromatic rings.